The molecule has 0 amide bonds. The number of benzene rings is 1. The third-order valence-corrected chi connectivity index (χ3v) is 3.24. The van der Waals surface area contributed by atoms with Crippen LogP contribution in [0.15, 0.2) is 18.2 Å². The maximum absolute atomic E-state index is 6.31. The maximum Gasteiger partial charge on any atom is 0.0474 e. The summed E-state index contributed by atoms with van der Waals surface area (Å²) >= 11 is 6.31. The van der Waals surface area contributed by atoms with Crippen LogP contribution in [0.25, 0.3) is 0 Å². The van der Waals surface area contributed by atoms with Crippen LogP contribution in [0.4, 0.5) is 5.69 Å². The number of piperazine rings is 1. The Hall–Kier alpha value is -0.770. The third kappa shape index (κ3) is 2.48. The summed E-state index contributed by atoms with van der Waals surface area (Å²) in [6.45, 7) is 2.97. The Morgan fingerprint density at radius 3 is 2.69 bits per heavy atom. The molecule has 1 atom stereocenters. The first kappa shape index (κ1) is 11.7. The van der Waals surface area contributed by atoms with Crippen LogP contribution in [0, 0.1) is 0 Å². The topological polar surface area (TPSA) is 27.3 Å². The van der Waals surface area contributed by atoms with Crippen molar-refractivity contribution in [2.75, 3.05) is 38.6 Å². The van der Waals surface area contributed by atoms with Crippen molar-refractivity contribution in [2.24, 2.45) is 0 Å². The molecule has 0 aliphatic carbocycles. The second-order valence-electron chi connectivity index (χ2n) is 4.31. The van der Waals surface area contributed by atoms with Crippen LogP contribution in [0.2, 0.25) is 5.02 Å². The number of nitrogens with zero attached hydrogens (tertiary/aromatic N) is 1. The highest BCUT2D eigenvalue weighted by atomic mass is 35.5. The van der Waals surface area contributed by atoms with E-state index in [-0.39, 0.29) is 0 Å². The zero-order valence-corrected chi connectivity index (χ0v) is 10.5. The summed E-state index contributed by atoms with van der Waals surface area (Å²) in [7, 11) is 4.04. The van der Waals surface area contributed by atoms with Crippen LogP contribution in [-0.4, -0.2) is 33.7 Å². The normalized spacial score (nSPS) is 20.8. The van der Waals surface area contributed by atoms with E-state index in [9.17, 15) is 0 Å². The molecule has 0 spiro atoms. The van der Waals surface area contributed by atoms with Gasteiger partial charge in [0, 0.05) is 50.5 Å². The van der Waals surface area contributed by atoms with E-state index in [2.05, 4.69) is 27.7 Å². The molecule has 0 unspecified atom stereocenters. The van der Waals surface area contributed by atoms with Crippen molar-refractivity contribution in [3.8, 4) is 0 Å². The highest BCUT2D eigenvalue weighted by Crippen LogP contribution is 2.27. The fraction of sp³-hybridized carbons (Fsp3) is 0.500. The number of anilines is 1. The van der Waals surface area contributed by atoms with Crippen LogP contribution in [-0.2, 0) is 0 Å². The van der Waals surface area contributed by atoms with Crippen molar-refractivity contribution in [3.63, 3.8) is 0 Å². The number of halogens is 1. The molecule has 1 aromatic rings. The lowest BCUT2D eigenvalue weighted by Crippen LogP contribution is -2.42. The van der Waals surface area contributed by atoms with Crippen molar-refractivity contribution < 1.29 is 0 Å². The zero-order chi connectivity index (χ0) is 11.5. The van der Waals surface area contributed by atoms with Gasteiger partial charge < -0.3 is 15.5 Å². The molecule has 0 aromatic heterocycles. The van der Waals surface area contributed by atoms with E-state index in [1.807, 2.05) is 20.2 Å². The molecule has 1 aromatic carbocycles. The molecule has 16 heavy (non-hydrogen) atoms. The monoisotopic (exact) mass is 239 g/mol. The summed E-state index contributed by atoms with van der Waals surface area (Å²) in [6.07, 6.45) is 0. The van der Waals surface area contributed by atoms with E-state index in [4.69, 9.17) is 11.6 Å². The Bertz CT molecular complexity index is 359. The molecule has 3 nitrogen and oxygen atoms in total. The number of rotatable bonds is 2. The van der Waals surface area contributed by atoms with Crippen molar-refractivity contribution in [2.45, 2.75) is 6.04 Å². The summed E-state index contributed by atoms with van der Waals surface area (Å²) in [6, 6.07) is 6.57. The van der Waals surface area contributed by atoms with Gasteiger partial charge in [-0.15, -0.1) is 0 Å². The second kappa shape index (κ2) is 5.04. The summed E-state index contributed by atoms with van der Waals surface area (Å²) < 4.78 is 0. The fourth-order valence-electron chi connectivity index (χ4n) is 1.95. The van der Waals surface area contributed by atoms with Gasteiger partial charge >= 0.3 is 0 Å². The molecule has 2 N–H and O–H groups in total. The molecule has 0 saturated carbocycles. The first-order chi connectivity index (χ1) is 7.68. The predicted molar refractivity (Wildman–Crippen MR) is 69.4 cm³/mol. The summed E-state index contributed by atoms with van der Waals surface area (Å²) in [5, 5.41) is 7.67. The Kier molecular flexibility index (Phi) is 3.69. The molecular formula is C12H18ClN3. The van der Waals surface area contributed by atoms with Gasteiger partial charge in [0.25, 0.3) is 0 Å². The minimum Gasteiger partial charge on any atom is -0.378 e. The van der Waals surface area contributed by atoms with Gasteiger partial charge in [0.05, 0.1) is 0 Å². The summed E-state index contributed by atoms with van der Waals surface area (Å²) in [4.78, 5) is 2.06. The minimum atomic E-state index is 0.331. The van der Waals surface area contributed by atoms with E-state index in [0.29, 0.717) is 6.04 Å². The molecule has 1 heterocycles. The smallest absolute Gasteiger partial charge is 0.0474 e. The first-order valence-corrected chi connectivity index (χ1v) is 5.97. The van der Waals surface area contributed by atoms with Gasteiger partial charge in [0.15, 0.2) is 0 Å². The van der Waals surface area contributed by atoms with E-state index in [1.54, 1.807) is 0 Å². The molecule has 2 rings (SSSR count). The van der Waals surface area contributed by atoms with E-state index >= 15 is 0 Å². The quantitative estimate of drug-likeness (QED) is 0.822. The maximum atomic E-state index is 6.31. The average molecular weight is 240 g/mol. The van der Waals surface area contributed by atoms with Gasteiger partial charge in [-0.3, -0.25) is 0 Å². The average Bonchev–Trinajstić information content (AvgIpc) is 2.30. The first-order valence-electron chi connectivity index (χ1n) is 5.59. The van der Waals surface area contributed by atoms with Gasteiger partial charge in [0.2, 0.25) is 0 Å². The van der Waals surface area contributed by atoms with E-state index < -0.39 is 0 Å². The molecule has 1 aliphatic heterocycles. The molecule has 4 heteroatoms. The van der Waals surface area contributed by atoms with Crippen LogP contribution in [0.1, 0.15) is 11.6 Å². The fourth-order valence-corrected chi connectivity index (χ4v) is 2.26. The molecule has 1 saturated heterocycles. The summed E-state index contributed by atoms with van der Waals surface area (Å²) in [5.41, 5.74) is 2.32. The van der Waals surface area contributed by atoms with Crippen LogP contribution >= 0.6 is 11.6 Å². The van der Waals surface area contributed by atoms with Crippen molar-refractivity contribution in [3.05, 3.63) is 28.8 Å². The largest absolute Gasteiger partial charge is 0.378 e. The van der Waals surface area contributed by atoms with Crippen LogP contribution in [0.3, 0.4) is 0 Å². The number of hydrogen-bond donors (Lipinski definition) is 2. The molecule has 1 fully saturated rings. The lowest BCUT2D eigenvalue weighted by Gasteiger charge is -2.26. The van der Waals surface area contributed by atoms with Crippen molar-refractivity contribution in [1.82, 2.24) is 10.6 Å². The Balaban J connectivity index is 2.21. The molecule has 88 valence electrons. The van der Waals surface area contributed by atoms with Crippen LogP contribution < -0.4 is 15.5 Å². The van der Waals surface area contributed by atoms with Gasteiger partial charge in [-0.25, -0.2) is 0 Å². The van der Waals surface area contributed by atoms with Crippen molar-refractivity contribution >= 4 is 17.3 Å². The van der Waals surface area contributed by atoms with Crippen molar-refractivity contribution in [1.29, 1.82) is 0 Å². The Labute approximate surface area is 102 Å². The zero-order valence-electron chi connectivity index (χ0n) is 9.76. The van der Waals surface area contributed by atoms with Gasteiger partial charge in [0.1, 0.15) is 0 Å². The minimum absolute atomic E-state index is 0.331. The van der Waals surface area contributed by atoms with Gasteiger partial charge in [-0.1, -0.05) is 17.7 Å². The summed E-state index contributed by atoms with van der Waals surface area (Å²) in [5.74, 6) is 0. The van der Waals surface area contributed by atoms with Crippen LogP contribution in [0.5, 0.6) is 0 Å². The Morgan fingerprint density at radius 1 is 1.31 bits per heavy atom. The Morgan fingerprint density at radius 2 is 2.12 bits per heavy atom. The lowest BCUT2D eigenvalue weighted by molar-refractivity contribution is 0.430. The van der Waals surface area contributed by atoms with E-state index in [0.717, 1.165) is 30.3 Å². The molecule has 0 bridgehead atoms. The third-order valence-electron chi connectivity index (χ3n) is 2.92. The van der Waals surface area contributed by atoms with Gasteiger partial charge in [-0.2, -0.15) is 0 Å². The second-order valence-corrected chi connectivity index (χ2v) is 4.72. The molecular weight excluding hydrogens is 222 g/mol. The lowest BCUT2D eigenvalue weighted by atomic mass is 10.0. The molecule has 1 aliphatic rings. The standard InChI is InChI=1S/C12H18ClN3/c1-16(2)9-3-4-10(11(13)7-9)12-8-14-5-6-15-12/h3-4,7,12,14-15H,5-6,8H2,1-2H3/t12-/m0/s1. The number of hydrogen-bond acceptors (Lipinski definition) is 3. The molecule has 0 radical (unpaired) electrons. The SMILES string of the molecule is CN(C)c1ccc([C@@H]2CNCCN2)c(Cl)c1. The predicted octanol–water partition coefficient (Wildman–Crippen LogP) is 1.64. The van der Waals surface area contributed by atoms with Gasteiger partial charge in [-0.05, 0) is 17.7 Å². The highest BCUT2D eigenvalue weighted by Gasteiger charge is 2.17. The van der Waals surface area contributed by atoms with E-state index in [1.165, 1.54) is 5.56 Å². The highest BCUT2D eigenvalue weighted by molar-refractivity contribution is 6.31. The number of nitrogens with one attached hydrogen (secondary N) is 2.